The summed E-state index contributed by atoms with van der Waals surface area (Å²) in [6, 6.07) is 0. The Kier molecular flexibility index (Phi) is 5.35. The number of imide groups is 1. The van der Waals surface area contributed by atoms with Gasteiger partial charge < -0.3 is 9.47 Å². The van der Waals surface area contributed by atoms with Gasteiger partial charge in [0.1, 0.15) is 0 Å². The quantitative estimate of drug-likeness (QED) is 0.442. The summed E-state index contributed by atoms with van der Waals surface area (Å²) in [6.07, 6.45) is 2.21. The van der Waals surface area contributed by atoms with Crippen molar-refractivity contribution in [2.24, 2.45) is 5.92 Å². The minimum atomic E-state index is -1.26. The molecule has 0 radical (unpaired) electrons. The summed E-state index contributed by atoms with van der Waals surface area (Å²) in [5, 5.41) is 0.373. The van der Waals surface area contributed by atoms with Gasteiger partial charge in [0.15, 0.2) is 0 Å². The van der Waals surface area contributed by atoms with Gasteiger partial charge in [0.25, 0.3) is 11.8 Å². The highest BCUT2D eigenvalue weighted by Crippen LogP contribution is 2.25. The van der Waals surface area contributed by atoms with Gasteiger partial charge in [0.2, 0.25) is 6.29 Å². The van der Waals surface area contributed by atoms with Crippen molar-refractivity contribution in [2.75, 3.05) is 0 Å². The molecule has 1 saturated carbocycles. The molecule has 2 aliphatic rings. The second-order valence-corrected chi connectivity index (χ2v) is 5.38. The van der Waals surface area contributed by atoms with Crippen LogP contribution in [0.25, 0.3) is 0 Å². The van der Waals surface area contributed by atoms with Crippen molar-refractivity contribution in [1.29, 1.82) is 0 Å². The zero-order chi connectivity index (χ0) is 16.1. The minimum absolute atomic E-state index is 0.00165. The number of hydrogen-bond acceptors (Lipinski definition) is 7. The first-order valence-electron chi connectivity index (χ1n) is 7.42. The Morgan fingerprint density at radius 3 is 2.23 bits per heavy atom. The summed E-state index contributed by atoms with van der Waals surface area (Å²) in [6.45, 7) is 1.37. The third kappa shape index (κ3) is 4.19. The Balaban J connectivity index is 1.75. The molecule has 1 atom stereocenters. The molecule has 1 saturated heterocycles. The molecule has 0 aromatic rings. The molecule has 2 fully saturated rings. The van der Waals surface area contributed by atoms with Crippen LogP contribution in [0, 0.1) is 5.92 Å². The van der Waals surface area contributed by atoms with Crippen LogP contribution in [0.3, 0.4) is 0 Å². The highest BCUT2D eigenvalue weighted by molar-refractivity contribution is 6.01. The lowest BCUT2D eigenvalue weighted by Crippen LogP contribution is -2.34. The molecule has 1 aliphatic heterocycles. The third-order valence-corrected chi connectivity index (χ3v) is 3.65. The average molecular weight is 313 g/mol. The lowest BCUT2D eigenvalue weighted by Gasteiger charge is -2.22. The monoisotopic (exact) mass is 313 g/mol. The number of carbonyl (C=O) groups is 4. The first-order valence-corrected chi connectivity index (χ1v) is 7.42. The summed E-state index contributed by atoms with van der Waals surface area (Å²) in [5.41, 5.74) is 0. The lowest BCUT2D eigenvalue weighted by atomic mass is 9.89. The topological polar surface area (TPSA) is 99.2 Å². The van der Waals surface area contributed by atoms with Crippen molar-refractivity contribution in [2.45, 2.75) is 58.2 Å². The van der Waals surface area contributed by atoms with Gasteiger partial charge in [-0.05, 0) is 12.8 Å². The number of ether oxygens (including phenoxy) is 2. The molecular weight excluding hydrogens is 294 g/mol. The molecule has 2 amide bonds. The summed E-state index contributed by atoms with van der Waals surface area (Å²) < 4.78 is 9.75. The number of hydroxylamine groups is 2. The molecule has 0 aromatic carbocycles. The number of esters is 1. The Bertz CT molecular complexity index is 454. The summed E-state index contributed by atoms with van der Waals surface area (Å²) in [5.74, 6) is -1.78. The predicted octanol–water partition coefficient (Wildman–Crippen LogP) is 1.67. The number of rotatable bonds is 4. The Labute approximate surface area is 127 Å². The summed E-state index contributed by atoms with van der Waals surface area (Å²) >= 11 is 0. The Morgan fingerprint density at radius 1 is 1.05 bits per heavy atom. The smallest absolute Gasteiger partial charge is 0.425 e. The van der Waals surface area contributed by atoms with Gasteiger partial charge in [-0.3, -0.25) is 19.2 Å². The average Bonchev–Trinajstić information content (AvgIpc) is 2.79. The lowest BCUT2D eigenvalue weighted by molar-refractivity contribution is -0.193. The second-order valence-electron chi connectivity index (χ2n) is 5.38. The zero-order valence-electron chi connectivity index (χ0n) is 12.4. The highest BCUT2D eigenvalue weighted by atomic mass is 16.9. The van der Waals surface area contributed by atoms with Gasteiger partial charge in [-0.2, -0.15) is 0 Å². The molecule has 0 aromatic heterocycles. The molecule has 1 unspecified atom stereocenters. The number of hydrogen-bond donors (Lipinski definition) is 0. The van der Waals surface area contributed by atoms with Crippen LogP contribution in [0.1, 0.15) is 51.9 Å². The molecule has 0 N–H and O–H groups in total. The predicted molar refractivity (Wildman–Crippen MR) is 70.8 cm³/mol. The van der Waals surface area contributed by atoms with Crippen molar-refractivity contribution in [3.05, 3.63) is 0 Å². The number of nitrogens with zero attached hydrogens (tertiary/aromatic N) is 1. The van der Waals surface area contributed by atoms with E-state index in [2.05, 4.69) is 4.84 Å². The van der Waals surface area contributed by atoms with E-state index in [0.29, 0.717) is 5.06 Å². The third-order valence-electron chi connectivity index (χ3n) is 3.65. The zero-order valence-corrected chi connectivity index (χ0v) is 12.4. The molecule has 0 bridgehead atoms. The van der Waals surface area contributed by atoms with Crippen LogP contribution in [0.4, 0.5) is 4.79 Å². The van der Waals surface area contributed by atoms with E-state index in [1.54, 1.807) is 0 Å². The van der Waals surface area contributed by atoms with Gasteiger partial charge in [0, 0.05) is 19.8 Å². The van der Waals surface area contributed by atoms with E-state index in [1.807, 2.05) is 0 Å². The maximum atomic E-state index is 11.9. The fourth-order valence-electron chi connectivity index (χ4n) is 2.51. The standard InChI is InChI=1S/C14H19NO7/c1-9(20-13(18)10-5-3-2-4-6-10)21-14(19)22-15-11(16)7-8-12(15)17/h9-10H,2-8H2,1H3. The van der Waals surface area contributed by atoms with E-state index in [0.717, 1.165) is 32.1 Å². The van der Waals surface area contributed by atoms with E-state index in [-0.39, 0.29) is 18.8 Å². The van der Waals surface area contributed by atoms with Crippen LogP contribution < -0.4 is 0 Å². The number of amides is 2. The SMILES string of the molecule is CC(OC(=O)ON1C(=O)CCC1=O)OC(=O)C1CCCCC1. The van der Waals surface area contributed by atoms with E-state index in [1.165, 1.54) is 6.92 Å². The highest BCUT2D eigenvalue weighted by Gasteiger charge is 2.34. The van der Waals surface area contributed by atoms with Crippen LogP contribution >= 0.6 is 0 Å². The maximum Gasteiger partial charge on any atom is 0.537 e. The van der Waals surface area contributed by atoms with Crippen molar-refractivity contribution in [1.82, 2.24) is 5.06 Å². The van der Waals surface area contributed by atoms with Crippen LogP contribution in [-0.2, 0) is 28.7 Å². The van der Waals surface area contributed by atoms with Crippen molar-refractivity contribution in [3.63, 3.8) is 0 Å². The van der Waals surface area contributed by atoms with Gasteiger partial charge in [-0.15, -0.1) is 0 Å². The number of carbonyl (C=O) groups excluding carboxylic acids is 4. The molecule has 8 nitrogen and oxygen atoms in total. The molecule has 0 spiro atoms. The van der Waals surface area contributed by atoms with Crippen LogP contribution in [-0.4, -0.2) is 35.3 Å². The molecule has 122 valence electrons. The first kappa shape index (κ1) is 16.3. The fourth-order valence-corrected chi connectivity index (χ4v) is 2.51. The molecule has 2 rings (SSSR count). The minimum Gasteiger partial charge on any atom is -0.425 e. The summed E-state index contributed by atoms with van der Waals surface area (Å²) in [7, 11) is 0. The van der Waals surface area contributed by atoms with Crippen molar-refractivity contribution >= 4 is 23.9 Å². The van der Waals surface area contributed by atoms with Crippen molar-refractivity contribution < 1.29 is 33.5 Å². The fraction of sp³-hybridized carbons (Fsp3) is 0.714. The van der Waals surface area contributed by atoms with E-state index < -0.39 is 30.2 Å². The largest absolute Gasteiger partial charge is 0.537 e. The first-order chi connectivity index (χ1) is 10.5. The van der Waals surface area contributed by atoms with Crippen LogP contribution in [0.5, 0.6) is 0 Å². The van der Waals surface area contributed by atoms with E-state index in [9.17, 15) is 19.2 Å². The van der Waals surface area contributed by atoms with Gasteiger partial charge in [-0.25, -0.2) is 4.79 Å². The maximum absolute atomic E-state index is 11.9. The van der Waals surface area contributed by atoms with Gasteiger partial charge in [-0.1, -0.05) is 24.3 Å². The Morgan fingerprint density at radius 2 is 1.64 bits per heavy atom. The van der Waals surface area contributed by atoms with Crippen LogP contribution in [0.2, 0.25) is 0 Å². The van der Waals surface area contributed by atoms with E-state index in [4.69, 9.17) is 9.47 Å². The molecule has 8 heteroatoms. The normalized spacial score (nSPS) is 20.7. The second kappa shape index (κ2) is 7.24. The summed E-state index contributed by atoms with van der Waals surface area (Å²) in [4.78, 5) is 50.4. The molecule has 22 heavy (non-hydrogen) atoms. The molecule has 1 heterocycles. The Hall–Kier alpha value is -2.12. The van der Waals surface area contributed by atoms with Crippen molar-refractivity contribution in [3.8, 4) is 0 Å². The van der Waals surface area contributed by atoms with Crippen LogP contribution in [0.15, 0.2) is 0 Å². The molecular formula is C14H19NO7. The molecule has 1 aliphatic carbocycles. The van der Waals surface area contributed by atoms with Gasteiger partial charge >= 0.3 is 12.1 Å². The van der Waals surface area contributed by atoms with Gasteiger partial charge in [0.05, 0.1) is 5.92 Å². The van der Waals surface area contributed by atoms with E-state index >= 15 is 0 Å².